The Hall–Kier alpha value is -2.72. The SMILES string of the molecule is O=C1NC(=O)[C@@]2(CC[C@H](c3ccc(Br)cc3)C2)N1.O=C1NC(=O)[C@]2(CC[C@H](c3ccc(Br)cc3)C2)N1. The summed E-state index contributed by atoms with van der Waals surface area (Å²) in [5.74, 6) is 0.323. The lowest BCUT2D eigenvalue weighted by Gasteiger charge is -2.19. The molecule has 4 fully saturated rings. The number of carbonyl (C=O) groups is 4. The van der Waals surface area contributed by atoms with Crippen molar-refractivity contribution in [3.8, 4) is 0 Å². The van der Waals surface area contributed by atoms with Crippen LogP contribution in [-0.2, 0) is 9.59 Å². The first-order valence-corrected chi connectivity index (χ1v) is 13.5. The van der Waals surface area contributed by atoms with E-state index in [-0.39, 0.29) is 23.9 Å². The molecule has 0 radical (unpaired) electrons. The van der Waals surface area contributed by atoms with Crippen LogP contribution in [0.4, 0.5) is 9.59 Å². The van der Waals surface area contributed by atoms with Gasteiger partial charge >= 0.3 is 12.1 Å². The molecule has 188 valence electrons. The van der Waals surface area contributed by atoms with Gasteiger partial charge in [-0.05, 0) is 85.8 Å². The zero-order valence-corrected chi connectivity index (χ0v) is 22.6. The summed E-state index contributed by atoms with van der Waals surface area (Å²) in [6.45, 7) is 0. The highest BCUT2D eigenvalue weighted by Crippen LogP contribution is 2.43. The molecule has 2 aromatic rings. The van der Waals surface area contributed by atoms with Crippen LogP contribution in [0, 0.1) is 0 Å². The van der Waals surface area contributed by atoms with Gasteiger partial charge in [0.2, 0.25) is 0 Å². The van der Waals surface area contributed by atoms with E-state index in [1.54, 1.807) is 0 Å². The number of urea groups is 2. The van der Waals surface area contributed by atoms with Crippen molar-refractivity contribution in [1.29, 1.82) is 0 Å². The molecule has 6 rings (SSSR count). The highest BCUT2D eigenvalue weighted by atomic mass is 79.9. The summed E-state index contributed by atoms with van der Waals surface area (Å²) >= 11 is 6.82. The van der Waals surface area contributed by atoms with Crippen molar-refractivity contribution in [1.82, 2.24) is 21.3 Å². The van der Waals surface area contributed by atoms with E-state index in [2.05, 4.69) is 77.4 Å². The monoisotopic (exact) mass is 616 g/mol. The molecule has 8 nitrogen and oxygen atoms in total. The number of benzene rings is 2. The van der Waals surface area contributed by atoms with Gasteiger partial charge < -0.3 is 10.6 Å². The first-order valence-electron chi connectivity index (χ1n) is 12.0. The van der Waals surface area contributed by atoms with Crippen LogP contribution in [-0.4, -0.2) is 35.0 Å². The number of carbonyl (C=O) groups excluding carboxylic acids is 4. The summed E-state index contributed by atoms with van der Waals surface area (Å²) in [7, 11) is 0. The molecule has 4 aliphatic rings. The number of imide groups is 2. The van der Waals surface area contributed by atoms with Crippen LogP contribution in [0.3, 0.4) is 0 Å². The molecule has 6 amide bonds. The number of rotatable bonds is 2. The summed E-state index contributed by atoms with van der Waals surface area (Å²) in [6, 6.07) is 15.6. The van der Waals surface area contributed by atoms with E-state index in [1.807, 2.05) is 24.3 Å². The maximum absolute atomic E-state index is 11.8. The second-order valence-corrected chi connectivity index (χ2v) is 11.8. The van der Waals surface area contributed by atoms with Crippen molar-refractivity contribution < 1.29 is 19.2 Å². The van der Waals surface area contributed by atoms with Gasteiger partial charge in [-0.15, -0.1) is 0 Å². The normalized spacial score (nSPS) is 30.6. The minimum atomic E-state index is -0.672. The lowest BCUT2D eigenvalue weighted by molar-refractivity contribution is -0.124. The Balaban J connectivity index is 0.000000148. The van der Waals surface area contributed by atoms with Gasteiger partial charge in [0.05, 0.1) is 0 Å². The van der Waals surface area contributed by atoms with E-state index in [1.165, 1.54) is 11.1 Å². The van der Waals surface area contributed by atoms with Crippen LogP contribution in [0.5, 0.6) is 0 Å². The highest BCUT2D eigenvalue weighted by molar-refractivity contribution is 9.10. The molecule has 0 unspecified atom stereocenters. The lowest BCUT2D eigenvalue weighted by Crippen LogP contribution is -2.44. The number of hydrogen-bond donors (Lipinski definition) is 4. The van der Waals surface area contributed by atoms with Crippen LogP contribution >= 0.6 is 31.9 Å². The molecule has 2 saturated carbocycles. The van der Waals surface area contributed by atoms with Gasteiger partial charge in [-0.25, -0.2) is 9.59 Å². The summed E-state index contributed by atoms with van der Waals surface area (Å²) in [6.07, 6.45) is 4.65. The molecule has 0 bridgehead atoms. The van der Waals surface area contributed by atoms with Gasteiger partial charge in [-0.2, -0.15) is 0 Å². The van der Waals surface area contributed by atoms with Crippen LogP contribution in [0.1, 0.15) is 61.5 Å². The Morgan fingerprint density at radius 2 is 0.972 bits per heavy atom. The van der Waals surface area contributed by atoms with E-state index < -0.39 is 11.1 Å². The average molecular weight is 618 g/mol. The molecule has 0 aromatic heterocycles. The Kier molecular flexibility index (Phi) is 6.67. The molecule has 2 spiro atoms. The number of hydrogen-bond acceptors (Lipinski definition) is 4. The predicted molar refractivity (Wildman–Crippen MR) is 140 cm³/mol. The topological polar surface area (TPSA) is 116 Å². The summed E-state index contributed by atoms with van der Waals surface area (Å²) < 4.78 is 2.09. The molecule has 36 heavy (non-hydrogen) atoms. The van der Waals surface area contributed by atoms with Crippen LogP contribution in [0.25, 0.3) is 0 Å². The van der Waals surface area contributed by atoms with E-state index in [0.717, 1.165) is 21.8 Å². The predicted octanol–water partition coefficient (Wildman–Crippen LogP) is 4.59. The lowest BCUT2D eigenvalue weighted by atomic mass is 9.92. The van der Waals surface area contributed by atoms with E-state index in [9.17, 15) is 19.2 Å². The second-order valence-electron chi connectivity index (χ2n) is 9.96. The molecule has 2 aromatic carbocycles. The fourth-order valence-corrected chi connectivity index (χ4v) is 6.35. The standard InChI is InChI=1S/2C13H13BrN2O2/c2*14-10-3-1-8(2-4-10)9-5-6-13(7-9)11(17)15-12(18)16-13/h2*1-4,9H,5-7H2,(H2,15,16,17,18)/t9-,13+;9-,13-/m00/s1. The zero-order valence-electron chi connectivity index (χ0n) is 19.4. The van der Waals surface area contributed by atoms with Crippen LogP contribution in [0.2, 0.25) is 0 Å². The first kappa shape index (κ1) is 25.0. The zero-order chi connectivity index (χ0) is 25.5. The minimum Gasteiger partial charge on any atom is -0.323 e. The van der Waals surface area contributed by atoms with Gasteiger partial charge in [0.25, 0.3) is 11.8 Å². The fraction of sp³-hybridized carbons (Fsp3) is 0.385. The van der Waals surface area contributed by atoms with Gasteiger partial charge in [0.1, 0.15) is 11.1 Å². The quantitative estimate of drug-likeness (QED) is 0.369. The van der Waals surface area contributed by atoms with E-state index >= 15 is 0 Å². The summed E-state index contributed by atoms with van der Waals surface area (Å²) in [5, 5.41) is 10.2. The molecule has 4 N–H and O–H groups in total. The Labute approximate surface area is 225 Å². The van der Waals surface area contributed by atoms with Gasteiger partial charge in [-0.3, -0.25) is 20.2 Å². The Bertz CT molecular complexity index is 1120. The third kappa shape index (κ3) is 4.80. The second kappa shape index (κ2) is 9.63. The highest BCUT2D eigenvalue weighted by Gasteiger charge is 2.52. The molecule has 10 heteroatoms. The Morgan fingerprint density at radius 3 is 1.28 bits per heavy atom. The Morgan fingerprint density at radius 1 is 0.611 bits per heavy atom. The molecular formula is C26H26Br2N4O4. The number of halogens is 2. The van der Waals surface area contributed by atoms with Crippen molar-refractivity contribution in [2.75, 3.05) is 0 Å². The largest absolute Gasteiger partial charge is 0.323 e. The van der Waals surface area contributed by atoms with Crippen molar-refractivity contribution in [2.45, 2.75) is 61.4 Å². The maximum Gasteiger partial charge on any atom is 0.322 e. The van der Waals surface area contributed by atoms with Gasteiger partial charge in [-0.1, -0.05) is 56.1 Å². The molecule has 4 atom stereocenters. The molecular weight excluding hydrogens is 592 g/mol. The fourth-order valence-electron chi connectivity index (χ4n) is 5.83. The van der Waals surface area contributed by atoms with Gasteiger partial charge in [0.15, 0.2) is 0 Å². The number of nitrogens with one attached hydrogen (secondary N) is 4. The third-order valence-corrected chi connectivity index (χ3v) is 8.80. The summed E-state index contributed by atoms with van der Waals surface area (Å²) in [4.78, 5) is 46.2. The maximum atomic E-state index is 11.8. The third-order valence-electron chi connectivity index (χ3n) is 7.74. The van der Waals surface area contributed by atoms with Crippen LogP contribution in [0.15, 0.2) is 57.5 Å². The van der Waals surface area contributed by atoms with Crippen LogP contribution < -0.4 is 21.3 Å². The molecule has 2 saturated heterocycles. The summed E-state index contributed by atoms with van der Waals surface area (Å²) in [5.41, 5.74) is 1.11. The first-order chi connectivity index (χ1) is 17.2. The minimum absolute atomic E-state index is 0.174. The van der Waals surface area contributed by atoms with Crippen molar-refractivity contribution in [2.24, 2.45) is 0 Å². The van der Waals surface area contributed by atoms with Gasteiger partial charge in [0, 0.05) is 8.95 Å². The molecule has 2 heterocycles. The van der Waals surface area contributed by atoms with Crippen molar-refractivity contribution in [3.63, 3.8) is 0 Å². The van der Waals surface area contributed by atoms with E-state index in [4.69, 9.17) is 0 Å². The molecule has 2 aliphatic heterocycles. The van der Waals surface area contributed by atoms with E-state index in [0.29, 0.717) is 37.5 Å². The smallest absolute Gasteiger partial charge is 0.322 e. The van der Waals surface area contributed by atoms with Crippen molar-refractivity contribution >= 4 is 55.7 Å². The average Bonchev–Trinajstić information content (AvgIpc) is 3.59. The number of amides is 6. The molecule has 2 aliphatic carbocycles. The van der Waals surface area contributed by atoms with Crippen molar-refractivity contribution in [3.05, 3.63) is 68.6 Å².